The van der Waals surface area contributed by atoms with Gasteiger partial charge in [0.2, 0.25) is 0 Å². The molecule has 0 aliphatic rings. The van der Waals surface area contributed by atoms with Crippen molar-refractivity contribution in [2.45, 2.75) is 39.3 Å². The first kappa shape index (κ1) is 24.9. The summed E-state index contributed by atoms with van der Waals surface area (Å²) in [5, 5.41) is 0. The standard InChI is InChI=1S/C24H32FN3O4Si/c1-17-11-18(12-21-23(17)26-14-27(21)15-32-9-10-33(4,5)6)24(29)28(16-30-2)19-7-8-20(25)22(13-19)31-3/h7-8,11-14H,9-10,15-16H2,1-6H3. The molecule has 178 valence electrons. The highest BCUT2D eigenvalue weighted by atomic mass is 28.3. The summed E-state index contributed by atoms with van der Waals surface area (Å²) >= 11 is 0. The van der Waals surface area contributed by atoms with Crippen molar-refractivity contribution in [3.05, 3.63) is 53.6 Å². The van der Waals surface area contributed by atoms with Crippen LogP contribution in [0.4, 0.5) is 10.1 Å². The average molecular weight is 474 g/mol. The summed E-state index contributed by atoms with van der Waals surface area (Å²) in [5.41, 5.74) is 3.47. The van der Waals surface area contributed by atoms with Gasteiger partial charge in [0.05, 0.1) is 30.2 Å². The fourth-order valence-electron chi connectivity index (χ4n) is 3.46. The Morgan fingerprint density at radius 2 is 1.94 bits per heavy atom. The number of carbonyl (C=O) groups is 1. The lowest BCUT2D eigenvalue weighted by Gasteiger charge is -2.23. The number of aromatic nitrogens is 2. The predicted octanol–water partition coefficient (Wildman–Crippen LogP) is 5.06. The maximum atomic E-state index is 13.9. The molecule has 0 unspecified atom stereocenters. The lowest BCUT2D eigenvalue weighted by atomic mass is 10.1. The Morgan fingerprint density at radius 1 is 1.18 bits per heavy atom. The Labute approximate surface area is 195 Å². The molecule has 3 aromatic rings. The Balaban J connectivity index is 1.90. The van der Waals surface area contributed by atoms with E-state index in [9.17, 15) is 9.18 Å². The Morgan fingerprint density at radius 3 is 2.61 bits per heavy atom. The summed E-state index contributed by atoms with van der Waals surface area (Å²) in [6, 6.07) is 8.96. The molecular weight excluding hydrogens is 441 g/mol. The van der Waals surface area contributed by atoms with Gasteiger partial charge in [0.25, 0.3) is 5.91 Å². The van der Waals surface area contributed by atoms with Crippen LogP contribution in [-0.2, 0) is 16.2 Å². The van der Waals surface area contributed by atoms with E-state index in [0.717, 1.165) is 22.6 Å². The van der Waals surface area contributed by atoms with E-state index in [-0.39, 0.29) is 18.4 Å². The Bertz CT molecular complexity index is 1130. The largest absolute Gasteiger partial charge is 0.494 e. The van der Waals surface area contributed by atoms with Crippen LogP contribution < -0.4 is 9.64 Å². The third-order valence-corrected chi connectivity index (χ3v) is 7.04. The molecule has 0 aliphatic carbocycles. The van der Waals surface area contributed by atoms with Crippen molar-refractivity contribution in [2.75, 3.05) is 32.5 Å². The third-order valence-electron chi connectivity index (χ3n) is 5.34. The lowest BCUT2D eigenvalue weighted by molar-refractivity contribution is 0.0896. The number of hydrogen-bond acceptors (Lipinski definition) is 5. The molecule has 7 nitrogen and oxygen atoms in total. The first-order valence-corrected chi connectivity index (χ1v) is 14.5. The number of benzene rings is 2. The lowest BCUT2D eigenvalue weighted by Crippen LogP contribution is -2.33. The highest BCUT2D eigenvalue weighted by molar-refractivity contribution is 6.76. The number of carbonyl (C=O) groups excluding carboxylic acids is 1. The minimum atomic E-state index is -1.17. The Hall–Kier alpha value is -2.75. The number of methoxy groups -OCH3 is 2. The van der Waals surface area contributed by atoms with Gasteiger partial charge in [-0.1, -0.05) is 19.6 Å². The number of hydrogen-bond donors (Lipinski definition) is 0. The number of fused-ring (bicyclic) bond motifs is 1. The maximum absolute atomic E-state index is 13.9. The molecule has 33 heavy (non-hydrogen) atoms. The van der Waals surface area contributed by atoms with Crippen LogP contribution >= 0.6 is 0 Å². The van der Waals surface area contributed by atoms with E-state index >= 15 is 0 Å². The molecule has 0 bridgehead atoms. The molecule has 1 amide bonds. The average Bonchev–Trinajstić information content (AvgIpc) is 3.18. The van der Waals surface area contributed by atoms with Crippen molar-refractivity contribution >= 4 is 30.7 Å². The van der Waals surface area contributed by atoms with Crippen LogP contribution in [0.3, 0.4) is 0 Å². The second kappa shape index (κ2) is 10.5. The summed E-state index contributed by atoms with van der Waals surface area (Å²) in [5.74, 6) is -0.717. The molecule has 1 heterocycles. The number of halogens is 1. The molecule has 3 rings (SSSR count). The van der Waals surface area contributed by atoms with Gasteiger partial charge in [-0.25, -0.2) is 9.37 Å². The summed E-state index contributed by atoms with van der Waals surface area (Å²) < 4.78 is 32.0. The van der Waals surface area contributed by atoms with Crippen molar-refractivity contribution in [1.82, 2.24) is 9.55 Å². The number of nitrogens with zero attached hydrogens (tertiary/aromatic N) is 3. The van der Waals surface area contributed by atoms with Crippen LogP contribution in [-0.4, -0.2) is 51.1 Å². The van der Waals surface area contributed by atoms with Gasteiger partial charge in [0, 0.05) is 33.4 Å². The van der Waals surface area contributed by atoms with E-state index in [1.54, 1.807) is 12.4 Å². The number of anilines is 1. The maximum Gasteiger partial charge on any atom is 0.260 e. The van der Waals surface area contributed by atoms with E-state index in [1.165, 1.54) is 37.3 Å². The first-order chi connectivity index (χ1) is 15.6. The van der Waals surface area contributed by atoms with Crippen molar-refractivity contribution in [2.24, 2.45) is 0 Å². The zero-order chi connectivity index (χ0) is 24.2. The molecule has 9 heteroatoms. The van der Waals surface area contributed by atoms with Gasteiger partial charge in [-0.05, 0) is 42.8 Å². The van der Waals surface area contributed by atoms with Gasteiger partial charge >= 0.3 is 0 Å². The second-order valence-electron chi connectivity index (χ2n) is 9.19. The highest BCUT2D eigenvalue weighted by Gasteiger charge is 2.21. The third kappa shape index (κ3) is 5.98. The molecule has 1 aromatic heterocycles. The zero-order valence-electron chi connectivity index (χ0n) is 20.1. The minimum Gasteiger partial charge on any atom is -0.494 e. The first-order valence-electron chi connectivity index (χ1n) is 10.8. The van der Waals surface area contributed by atoms with E-state index in [1.807, 2.05) is 17.6 Å². The fourth-order valence-corrected chi connectivity index (χ4v) is 4.21. The quantitative estimate of drug-likeness (QED) is 0.234. The van der Waals surface area contributed by atoms with Gasteiger partial charge < -0.3 is 18.8 Å². The van der Waals surface area contributed by atoms with Crippen LogP contribution in [0.15, 0.2) is 36.7 Å². The van der Waals surface area contributed by atoms with Crippen LogP contribution in [0.25, 0.3) is 11.0 Å². The second-order valence-corrected chi connectivity index (χ2v) is 14.8. The summed E-state index contributed by atoms with van der Waals surface area (Å²) in [4.78, 5) is 19.4. The Kier molecular flexibility index (Phi) is 7.88. The molecule has 2 aromatic carbocycles. The SMILES string of the molecule is COCN(C(=O)c1cc(C)c2ncn(COCC[Si](C)(C)C)c2c1)c1ccc(F)c(OC)c1. The molecule has 0 fully saturated rings. The summed E-state index contributed by atoms with van der Waals surface area (Å²) in [6.07, 6.45) is 1.73. The summed E-state index contributed by atoms with van der Waals surface area (Å²) in [6.45, 7) is 9.93. The minimum absolute atomic E-state index is 0.00374. The number of rotatable bonds is 10. The smallest absolute Gasteiger partial charge is 0.260 e. The normalized spacial score (nSPS) is 11.7. The van der Waals surface area contributed by atoms with Crippen molar-refractivity contribution in [3.63, 3.8) is 0 Å². The van der Waals surface area contributed by atoms with Crippen LogP contribution in [0.1, 0.15) is 15.9 Å². The highest BCUT2D eigenvalue weighted by Crippen LogP contribution is 2.27. The molecule has 0 atom stereocenters. The van der Waals surface area contributed by atoms with E-state index < -0.39 is 13.9 Å². The molecule has 0 N–H and O–H groups in total. The molecule has 0 saturated carbocycles. The van der Waals surface area contributed by atoms with Gasteiger partial charge in [-0.15, -0.1) is 0 Å². The number of ether oxygens (including phenoxy) is 3. The van der Waals surface area contributed by atoms with Gasteiger partial charge in [-0.2, -0.15) is 0 Å². The van der Waals surface area contributed by atoms with Crippen LogP contribution in [0, 0.1) is 12.7 Å². The topological polar surface area (TPSA) is 65.8 Å². The molecule has 0 spiro atoms. The van der Waals surface area contributed by atoms with E-state index in [0.29, 0.717) is 24.6 Å². The van der Waals surface area contributed by atoms with Crippen molar-refractivity contribution < 1.29 is 23.4 Å². The van der Waals surface area contributed by atoms with Crippen LogP contribution in [0.5, 0.6) is 5.75 Å². The predicted molar refractivity (Wildman–Crippen MR) is 130 cm³/mol. The van der Waals surface area contributed by atoms with Gasteiger partial charge in [0.1, 0.15) is 13.5 Å². The van der Waals surface area contributed by atoms with Crippen molar-refractivity contribution in [1.29, 1.82) is 0 Å². The van der Waals surface area contributed by atoms with Crippen LogP contribution in [0.2, 0.25) is 25.7 Å². The molecule has 0 aliphatic heterocycles. The molecular formula is C24H32FN3O4Si. The zero-order valence-corrected chi connectivity index (χ0v) is 21.1. The summed E-state index contributed by atoms with van der Waals surface area (Å²) in [7, 11) is 1.71. The monoisotopic (exact) mass is 473 g/mol. The van der Waals surface area contributed by atoms with Gasteiger partial charge in [-0.3, -0.25) is 9.69 Å². The number of aryl methyl sites for hydroxylation is 1. The molecule has 0 radical (unpaired) electrons. The van der Waals surface area contributed by atoms with Crippen molar-refractivity contribution in [3.8, 4) is 5.75 Å². The van der Waals surface area contributed by atoms with E-state index in [2.05, 4.69) is 24.6 Å². The van der Waals surface area contributed by atoms with Gasteiger partial charge in [0.15, 0.2) is 11.6 Å². The molecule has 0 saturated heterocycles. The number of amides is 1. The number of imidazole rings is 1. The fraction of sp³-hybridized carbons (Fsp3) is 0.417. The van der Waals surface area contributed by atoms with E-state index in [4.69, 9.17) is 14.2 Å².